The van der Waals surface area contributed by atoms with Crippen LogP contribution in [0, 0.1) is 0 Å². The second-order valence-corrected chi connectivity index (χ2v) is 11.4. The molecular formula is C19H16BrClN2O4S2. The Morgan fingerprint density at radius 1 is 1.17 bits per heavy atom. The van der Waals surface area contributed by atoms with E-state index >= 15 is 0 Å². The average Bonchev–Trinajstić information content (AvgIpc) is 3.13. The summed E-state index contributed by atoms with van der Waals surface area (Å²) in [5.74, 6) is 0.223. The molecule has 0 saturated carbocycles. The first kappa shape index (κ1) is 20.7. The number of halogens is 2. The summed E-state index contributed by atoms with van der Waals surface area (Å²) in [4.78, 5) is 18.5. The summed E-state index contributed by atoms with van der Waals surface area (Å²) in [5.41, 5.74) is 0.801. The lowest BCUT2D eigenvalue weighted by Gasteiger charge is -2.24. The number of hydrogen-bond acceptors (Lipinski definition) is 5. The zero-order chi connectivity index (χ0) is 20.6. The van der Waals surface area contributed by atoms with Gasteiger partial charge in [0, 0.05) is 20.4 Å². The van der Waals surface area contributed by atoms with Gasteiger partial charge in [-0.1, -0.05) is 39.3 Å². The van der Waals surface area contributed by atoms with Crippen molar-refractivity contribution < 1.29 is 17.9 Å². The number of carbonyl (C=O) groups excluding carboxylic acids is 1. The van der Waals surface area contributed by atoms with Crippen LogP contribution in [-0.4, -0.2) is 48.9 Å². The lowest BCUT2D eigenvalue weighted by atomic mass is 10.2. The molecule has 1 amide bonds. The fourth-order valence-electron chi connectivity index (χ4n) is 3.28. The van der Waals surface area contributed by atoms with Gasteiger partial charge in [-0.25, -0.2) is 8.42 Å². The van der Waals surface area contributed by atoms with Crippen LogP contribution in [0.2, 0.25) is 5.02 Å². The average molecular weight is 516 g/mol. The number of sulfone groups is 1. The van der Waals surface area contributed by atoms with Crippen LogP contribution < -0.4 is 9.64 Å². The van der Waals surface area contributed by atoms with Gasteiger partial charge in [0.15, 0.2) is 21.6 Å². The lowest BCUT2D eigenvalue weighted by molar-refractivity contribution is -0.119. The summed E-state index contributed by atoms with van der Waals surface area (Å²) in [6, 6.07) is 14.0. The molecule has 6 nitrogen and oxygen atoms in total. The Morgan fingerprint density at radius 3 is 2.55 bits per heavy atom. The van der Waals surface area contributed by atoms with Crippen molar-refractivity contribution in [1.29, 1.82) is 0 Å². The molecule has 2 saturated heterocycles. The van der Waals surface area contributed by atoms with E-state index in [2.05, 4.69) is 20.9 Å². The maximum absolute atomic E-state index is 12.4. The normalized spacial score (nSPS) is 23.9. The van der Waals surface area contributed by atoms with Gasteiger partial charge in [-0.05, 0) is 48.5 Å². The number of amidine groups is 1. The number of fused-ring (bicyclic) bond motifs is 1. The van der Waals surface area contributed by atoms with Crippen LogP contribution in [0.3, 0.4) is 0 Å². The molecule has 0 aromatic heterocycles. The number of benzene rings is 2. The summed E-state index contributed by atoms with van der Waals surface area (Å²) in [6.45, 7) is -0.215. The summed E-state index contributed by atoms with van der Waals surface area (Å²) >= 11 is 10.6. The summed E-state index contributed by atoms with van der Waals surface area (Å²) in [6.07, 6.45) is 0. The van der Waals surface area contributed by atoms with Crippen LogP contribution >= 0.6 is 39.3 Å². The molecule has 152 valence electrons. The van der Waals surface area contributed by atoms with Gasteiger partial charge in [0.1, 0.15) is 5.75 Å². The number of rotatable bonds is 4. The lowest BCUT2D eigenvalue weighted by Crippen LogP contribution is -2.37. The number of ether oxygens (including phenoxy) is 1. The van der Waals surface area contributed by atoms with E-state index in [0.29, 0.717) is 15.9 Å². The molecule has 2 atom stereocenters. The van der Waals surface area contributed by atoms with Crippen LogP contribution in [0.4, 0.5) is 5.69 Å². The first-order chi connectivity index (χ1) is 13.8. The van der Waals surface area contributed by atoms with E-state index in [4.69, 9.17) is 16.3 Å². The molecule has 0 unspecified atom stereocenters. The first-order valence-electron chi connectivity index (χ1n) is 8.72. The van der Waals surface area contributed by atoms with Gasteiger partial charge in [0.05, 0.1) is 17.5 Å². The minimum absolute atomic E-state index is 0.0508. The number of aliphatic imine (C=N–C) groups is 1. The molecule has 0 N–H and O–H groups in total. The molecule has 10 heteroatoms. The van der Waals surface area contributed by atoms with Gasteiger partial charge in [-0.15, -0.1) is 0 Å². The highest BCUT2D eigenvalue weighted by Gasteiger charge is 2.49. The standard InChI is InChI=1S/C19H16BrClN2O4S2/c20-12-1-5-14(6-2-12)23-16-10-29(25,26)11-17(16)28-19(23)22-18(24)9-27-15-7-3-13(21)4-8-15/h1-8,16-17H,9-11H2/t16-,17+/m1/s1. The topological polar surface area (TPSA) is 76.0 Å². The van der Waals surface area contributed by atoms with Gasteiger partial charge in [-0.2, -0.15) is 4.99 Å². The predicted molar refractivity (Wildman–Crippen MR) is 120 cm³/mol. The summed E-state index contributed by atoms with van der Waals surface area (Å²) in [5, 5.41) is 0.937. The van der Waals surface area contributed by atoms with Gasteiger partial charge >= 0.3 is 0 Å². The van der Waals surface area contributed by atoms with Gasteiger partial charge in [-0.3, -0.25) is 4.79 Å². The van der Waals surface area contributed by atoms with Crippen molar-refractivity contribution in [2.75, 3.05) is 23.0 Å². The maximum atomic E-state index is 12.4. The second kappa shape index (κ2) is 8.29. The van der Waals surface area contributed by atoms with Crippen molar-refractivity contribution in [1.82, 2.24) is 0 Å². The Labute approximate surface area is 186 Å². The van der Waals surface area contributed by atoms with Crippen LogP contribution in [0.1, 0.15) is 0 Å². The van der Waals surface area contributed by atoms with Crippen molar-refractivity contribution in [3.8, 4) is 5.75 Å². The van der Waals surface area contributed by atoms with Crippen molar-refractivity contribution >= 4 is 65.9 Å². The van der Waals surface area contributed by atoms with Gasteiger partial charge in [0.25, 0.3) is 5.91 Å². The highest BCUT2D eigenvalue weighted by Crippen LogP contribution is 2.41. The molecular weight excluding hydrogens is 500 g/mol. The third-order valence-corrected chi connectivity index (χ3v) is 8.56. The molecule has 0 radical (unpaired) electrons. The molecule has 2 aliphatic heterocycles. The molecule has 2 fully saturated rings. The molecule has 4 rings (SSSR count). The Hall–Kier alpha value is -1.55. The predicted octanol–water partition coefficient (Wildman–Crippen LogP) is 3.78. The monoisotopic (exact) mass is 514 g/mol. The summed E-state index contributed by atoms with van der Waals surface area (Å²) < 4.78 is 30.6. The largest absolute Gasteiger partial charge is 0.484 e. The molecule has 2 heterocycles. The number of thioether (sulfide) groups is 1. The fraction of sp³-hybridized carbons (Fsp3) is 0.263. The third kappa shape index (κ3) is 4.79. The maximum Gasteiger partial charge on any atom is 0.285 e. The van der Waals surface area contributed by atoms with Crippen molar-refractivity contribution in [2.45, 2.75) is 11.3 Å². The van der Waals surface area contributed by atoms with Crippen molar-refractivity contribution in [3.63, 3.8) is 0 Å². The Balaban J connectivity index is 1.54. The number of carbonyl (C=O) groups is 1. The number of hydrogen-bond donors (Lipinski definition) is 0. The van der Waals surface area contributed by atoms with E-state index in [1.54, 1.807) is 24.3 Å². The van der Waals surface area contributed by atoms with Crippen molar-refractivity contribution in [2.24, 2.45) is 4.99 Å². The quantitative estimate of drug-likeness (QED) is 0.617. The van der Waals surface area contributed by atoms with Gasteiger partial charge < -0.3 is 9.64 Å². The highest BCUT2D eigenvalue weighted by molar-refractivity contribution is 9.10. The van der Waals surface area contributed by atoms with Gasteiger partial charge in [0.2, 0.25) is 0 Å². The Kier molecular flexibility index (Phi) is 5.92. The smallest absolute Gasteiger partial charge is 0.285 e. The molecule has 29 heavy (non-hydrogen) atoms. The minimum Gasteiger partial charge on any atom is -0.484 e. The number of anilines is 1. The van der Waals surface area contributed by atoms with Crippen LogP contribution in [0.25, 0.3) is 0 Å². The van der Waals surface area contributed by atoms with E-state index < -0.39 is 15.7 Å². The zero-order valence-corrected chi connectivity index (χ0v) is 19.0. The first-order valence-corrected chi connectivity index (χ1v) is 12.6. The molecule has 0 spiro atoms. The Bertz CT molecular complexity index is 1060. The van der Waals surface area contributed by atoms with E-state index in [9.17, 15) is 13.2 Å². The Morgan fingerprint density at radius 2 is 1.86 bits per heavy atom. The van der Waals surface area contributed by atoms with Crippen molar-refractivity contribution in [3.05, 3.63) is 58.0 Å². The number of nitrogens with zero attached hydrogens (tertiary/aromatic N) is 2. The second-order valence-electron chi connectivity index (χ2n) is 6.68. The summed E-state index contributed by atoms with van der Waals surface area (Å²) in [7, 11) is -3.10. The highest BCUT2D eigenvalue weighted by atomic mass is 79.9. The van der Waals surface area contributed by atoms with E-state index in [-0.39, 0.29) is 29.4 Å². The molecule has 2 aromatic carbocycles. The van der Waals surface area contributed by atoms with E-state index in [0.717, 1.165) is 10.2 Å². The number of amides is 1. The SMILES string of the molecule is O=C(COc1ccc(Cl)cc1)N=C1S[C@H]2CS(=O)(=O)C[C@H]2N1c1ccc(Br)cc1. The fourth-order valence-corrected chi connectivity index (χ4v) is 7.60. The molecule has 2 aromatic rings. The van der Waals surface area contributed by atoms with E-state index in [1.807, 2.05) is 29.2 Å². The molecule has 0 aliphatic carbocycles. The van der Waals surface area contributed by atoms with Crippen LogP contribution in [0.15, 0.2) is 58.0 Å². The molecule has 2 aliphatic rings. The van der Waals surface area contributed by atoms with Crippen LogP contribution in [0.5, 0.6) is 5.75 Å². The van der Waals surface area contributed by atoms with E-state index in [1.165, 1.54) is 11.8 Å². The van der Waals surface area contributed by atoms with Crippen LogP contribution in [-0.2, 0) is 14.6 Å². The third-order valence-electron chi connectivity index (χ3n) is 4.57. The zero-order valence-electron chi connectivity index (χ0n) is 15.0. The minimum atomic E-state index is -3.10. The molecule has 0 bridgehead atoms.